The third kappa shape index (κ3) is 4.49. The van der Waals surface area contributed by atoms with Crippen LogP contribution in [0.15, 0.2) is 54.6 Å². The Bertz CT molecular complexity index is 1120. The molecule has 2 amide bonds. The van der Waals surface area contributed by atoms with Gasteiger partial charge < -0.3 is 9.80 Å². The van der Waals surface area contributed by atoms with Gasteiger partial charge in [0.2, 0.25) is 0 Å². The van der Waals surface area contributed by atoms with Crippen LogP contribution in [0.2, 0.25) is 0 Å². The number of piperidine rings is 1. The van der Waals surface area contributed by atoms with E-state index in [0.717, 1.165) is 19.3 Å². The van der Waals surface area contributed by atoms with E-state index >= 15 is 0 Å². The number of hydrogen-bond donors (Lipinski definition) is 0. The maximum absolute atomic E-state index is 13.7. The number of nitrogens with zero attached hydrogens (tertiary/aromatic N) is 3. The van der Waals surface area contributed by atoms with Crippen LogP contribution in [0.4, 0.5) is 4.39 Å². The zero-order valence-corrected chi connectivity index (χ0v) is 18.6. The molecule has 32 heavy (non-hydrogen) atoms. The normalized spacial score (nSPS) is 14.5. The molecule has 3 aromatic rings. The van der Waals surface area contributed by atoms with Crippen LogP contribution in [0, 0.1) is 12.7 Å². The first kappa shape index (κ1) is 21.9. The molecule has 1 aliphatic heterocycles. The summed E-state index contributed by atoms with van der Waals surface area (Å²) in [4.78, 5) is 34.6. The van der Waals surface area contributed by atoms with Gasteiger partial charge in [0.25, 0.3) is 11.8 Å². The van der Waals surface area contributed by atoms with Crippen molar-refractivity contribution in [1.29, 1.82) is 0 Å². The lowest BCUT2D eigenvalue weighted by molar-refractivity contribution is 0.0520. The Morgan fingerprint density at radius 3 is 2.50 bits per heavy atom. The van der Waals surface area contributed by atoms with Crippen LogP contribution in [-0.4, -0.2) is 52.3 Å². The molecule has 0 aliphatic carbocycles. The molecule has 0 bridgehead atoms. The van der Waals surface area contributed by atoms with Crippen LogP contribution in [0.25, 0.3) is 10.9 Å². The highest BCUT2D eigenvalue weighted by Gasteiger charge is 2.31. The minimum atomic E-state index is -0.366. The number of hydrogen-bond acceptors (Lipinski definition) is 3. The zero-order valence-electron chi connectivity index (χ0n) is 18.6. The van der Waals surface area contributed by atoms with Crippen LogP contribution in [0.1, 0.15) is 52.6 Å². The van der Waals surface area contributed by atoms with Crippen LogP contribution in [0.3, 0.4) is 0 Å². The molecule has 0 spiro atoms. The smallest absolute Gasteiger partial charge is 0.254 e. The monoisotopic (exact) mass is 433 g/mol. The Kier molecular flexibility index (Phi) is 6.49. The highest BCUT2D eigenvalue weighted by atomic mass is 19.1. The van der Waals surface area contributed by atoms with E-state index in [1.165, 1.54) is 12.1 Å². The minimum absolute atomic E-state index is 0.0372. The summed E-state index contributed by atoms with van der Waals surface area (Å²) in [6.07, 6.45) is 2.31. The van der Waals surface area contributed by atoms with Gasteiger partial charge in [-0.3, -0.25) is 14.6 Å². The Labute approximate surface area is 187 Å². The quantitative estimate of drug-likeness (QED) is 0.579. The average Bonchev–Trinajstić information content (AvgIpc) is 2.81. The van der Waals surface area contributed by atoms with Crippen molar-refractivity contribution in [3.05, 3.63) is 77.2 Å². The second-order valence-electron chi connectivity index (χ2n) is 8.36. The van der Waals surface area contributed by atoms with Crippen LogP contribution in [0.5, 0.6) is 0 Å². The number of aromatic nitrogens is 1. The summed E-state index contributed by atoms with van der Waals surface area (Å²) in [7, 11) is 0. The van der Waals surface area contributed by atoms with Crippen molar-refractivity contribution in [2.24, 2.45) is 0 Å². The lowest BCUT2D eigenvalue weighted by Gasteiger charge is -2.38. The zero-order chi connectivity index (χ0) is 22.7. The van der Waals surface area contributed by atoms with E-state index in [1.807, 2.05) is 47.1 Å². The maximum Gasteiger partial charge on any atom is 0.254 e. The van der Waals surface area contributed by atoms with Gasteiger partial charge in [-0.2, -0.15) is 0 Å². The number of halogens is 1. The van der Waals surface area contributed by atoms with Crippen molar-refractivity contribution in [2.75, 3.05) is 19.6 Å². The van der Waals surface area contributed by atoms with E-state index in [2.05, 4.69) is 11.9 Å². The second-order valence-corrected chi connectivity index (χ2v) is 8.36. The number of carbonyl (C=O) groups excluding carboxylic acids is 2. The number of pyridine rings is 1. The van der Waals surface area contributed by atoms with Gasteiger partial charge in [0.1, 0.15) is 5.82 Å². The molecule has 2 heterocycles. The summed E-state index contributed by atoms with van der Waals surface area (Å²) in [6, 6.07) is 15.5. The van der Waals surface area contributed by atoms with E-state index in [9.17, 15) is 14.0 Å². The standard InChI is InChI=1S/C26H28FN3O2/c1-3-13-30(21-11-14-29(15-12-21)25(31)19-7-5-4-6-8-19)26(32)23-16-18(2)28-24-17-20(27)9-10-22(23)24/h4-10,16-17,21H,3,11-15H2,1-2H3. The molecule has 1 aliphatic rings. The fourth-order valence-corrected chi connectivity index (χ4v) is 4.50. The third-order valence-corrected chi connectivity index (χ3v) is 6.07. The highest BCUT2D eigenvalue weighted by molar-refractivity contribution is 6.06. The van der Waals surface area contributed by atoms with E-state index < -0.39 is 0 Å². The molecular formula is C26H28FN3O2. The molecule has 1 aromatic heterocycles. The van der Waals surface area contributed by atoms with Crippen molar-refractivity contribution < 1.29 is 14.0 Å². The fourth-order valence-electron chi connectivity index (χ4n) is 4.50. The topological polar surface area (TPSA) is 53.5 Å². The fraction of sp³-hybridized carbons (Fsp3) is 0.346. The Morgan fingerprint density at radius 2 is 1.81 bits per heavy atom. The lowest BCUT2D eigenvalue weighted by atomic mass is 9.99. The molecule has 6 heteroatoms. The third-order valence-electron chi connectivity index (χ3n) is 6.07. The molecule has 0 N–H and O–H groups in total. The number of amides is 2. The van der Waals surface area contributed by atoms with Crippen LogP contribution >= 0.6 is 0 Å². The summed E-state index contributed by atoms with van der Waals surface area (Å²) in [6.45, 7) is 5.75. The first-order valence-electron chi connectivity index (χ1n) is 11.2. The predicted octanol–water partition coefficient (Wildman–Crippen LogP) is 4.84. The number of carbonyl (C=O) groups is 2. The van der Waals surface area contributed by atoms with Gasteiger partial charge in [-0.05, 0) is 56.5 Å². The SMILES string of the molecule is CCCN(C(=O)c1cc(C)nc2cc(F)ccc12)C1CCN(C(=O)c2ccccc2)CC1. The summed E-state index contributed by atoms with van der Waals surface area (Å²) < 4.78 is 13.7. The minimum Gasteiger partial charge on any atom is -0.338 e. The van der Waals surface area contributed by atoms with Crippen molar-refractivity contribution in [2.45, 2.75) is 39.2 Å². The summed E-state index contributed by atoms with van der Waals surface area (Å²) in [5, 5.41) is 0.666. The average molecular weight is 434 g/mol. The highest BCUT2D eigenvalue weighted by Crippen LogP contribution is 2.25. The first-order chi connectivity index (χ1) is 15.5. The molecule has 0 unspecified atom stereocenters. The Balaban J connectivity index is 1.54. The maximum atomic E-state index is 13.7. The molecule has 4 rings (SSSR count). The predicted molar refractivity (Wildman–Crippen MR) is 123 cm³/mol. The van der Waals surface area contributed by atoms with Crippen molar-refractivity contribution in [1.82, 2.24) is 14.8 Å². The van der Waals surface area contributed by atoms with E-state index in [4.69, 9.17) is 0 Å². The van der Waals surface area contributed by atoms with Gasteiger partial charge in [-0.25, -0.2) is 4.39 Å². The van der Waals surface area contributed by atoms with Crippen molar-refractivity contribution in [3.8, 4) is 0 Å². The number of fused-ring (bicyclic) bond motifs is 1. The number of rotatable bonds is 5. The first-order valence-corrected chi connectivity index (χ1v) is 11.2. The van der Waals surface area contributed by atoms with Crippen LogP contribution < -0.4 is 0 Å². The largest absolute Gasteiger partial charge is 0.338 e. The van der Waals surface area contributed by atoms with E-state index in [1.54, 1.807) is 12.1 Å². The van der Waals surface area contributed by atoms with Gasteiger partial charge in [-0.1, -0.05) is 25.1 Å². The lowest BCUT2D eigenvalue weighted by Crippen LogP contribution is -2.49. The summed E-state index contributed by atoms with van der Waals surface area (Å²) in [5.41, 5.74) is 2.43. The Morgan fingerprint density at radius 1 is 1.09 bits per heavy atom. The molecule has 0 radical (unpaired) electrons. The van der Waals surface area contributed by atoms with Gasteiger partial charge in [0.05, 0.1) is 11.1 Å². The molecule has 5 nitrogen and oxygen atoms in total. The molecule has 2 aromatic carbocycles. The van der Waals surface area contributed by atoms with Gasteiger partial charge in [0.15, 0.2) is 0 Å². The Hall–Kier alpha value is -3.28. The van der Waals surface area contributed by atoms with E-state index in [-0.39, 0.29) is 23.7 Å². The molecule has 1 saturated heterocycles. The molecular weight excluding hydrogens is 405 g/mol. The van der Waals surface area contributed by atoms with Gasteiger partial charge >= 0.3 is 0 Å². The molecule has 0 atom stereocenters. The van der Waals surface area contributed by atoms with Crippen LogP contribution in [-0.2, 0) is 0 Å². The number of benzene rings is 2. The molecule has 0 saturated carbocycles. The second kappa shape index (κ2) is 9.47. The van der Waals surface area contributed by atoms with Crippen molar-refractivity contribution in [3.63, 3.8) is 0 Å². The summed E-state index contributed by atoms with van der Waals surface area (Å²) >= 11 is 0. The molecule has 166 valence electrons. The van der Waals surface area contributed by atoms with E-state index in [0.29, 0.717) is 47.4 Å². The number of likely N-dealkylation sites (tertiary alicyclic amines) is 1. The molecule has 1 fully saturated rings. The van der Waals surface area contributed by atoms with Gasteiger partial charge in [-0.15, -0.1) is 0 Å². The number of aryl methyl sites for hydroxylation is 1. The van der Waals surface area contributed by atoms with Gasteiger partial charge in [0, 0.05) is 48.4 Å². The van der Waals surface area contributed by atoms with Crippen molar-refractivity contribution >= 4 is 22.7 Å². The summed E-state index contributed by atoms with van der Waals surface area (Å²) in [5.74, 6) is -0.383.